The van der Waals surface area contributed by atoms with Crippen molar-refractivity contribution in [3.05, 3.63) is 114 Å². The molecule has 0 aliphatic carbocycles. The highest BCUT2D eigenvalue weighted by molar-refractivity contribution is 7.92. The van der Waals surface area contributed by atoms with Crippen LogP contribution in [0, 0.1) is 6.92 Å². The van der Waals surface area contributed by atoms with Gasteiger partial charge in [0.05, 0.1) is 4.90 Å². The average molecular weight is 459 g/mol. The second-order valence-corrected chi connectivity index (χ2v) is 9.07. The van der Waals surface area contributed by atoms with Crippen LogP contribution in [0.3, 0.4) is 0 Å². The van der Waals surface area contributed by atoms with E-state index in [2.05, 4.69) is 10.0 Å². The molecule has 0 saturated carbocycles. The molecule has 0 aromatic heterocycles. The summed E-state index contributed by atoms with van der Waals surface area (Å²) in [6, 6.07) is 29.3. The van der Waals surface area contributed by atoms with Crippen molar-refractivity contribution in [1.82, 2.24) is 0 Å². The molecule has 0 spiro atoms. The minimum Gasteiger partial charge on any atom is -0.457 e. The first-order valence-electron chi connectivity index (χ1n) is 10.2. The number of aryl methyl sites for hydroxylation is 1. The van der Waals surface area contributed by atoms with Crippen molar-refractivity contribution in [2.45, 2.75) is 11.8 Å². The first-order valence-corrected chi connectivity index (χ1v) is 11.7. The van der Waals surface area contributed by atoms with Gasteiger partial charge in [-0.2, -0.15) is 0 Å². The highest BCUT2D eigenvalue weighted by Crippen LogP contribution is 2.23. The van der Waals surface area contributed by atoms with E-state index in [0.717, 1.165) is 11.3 Å². The van der Waals surface area contributed by atoms with Crippen molar-refractivity contribution in [3.63, 3.8) is 0 Å². The summed E-state index contributed by atoms with van der Waals surface area (Å²) in [4.78, 5) is 12.7. The van der Waals surface area contributed by atoms with Gasteiger partial charge in [-0.15, -0.1) is 0 Å². The summed E-state index contributed by atoms with van der Waals surface area (Å²) in [5, 5.41) is 2.81. The van der Waals surface area contributed by atoms with Crippen molar-refractivity contribution in [3.8, 4) is 11.5 Å². The summed E-state index contributed by atoms with van der Waals surface area (Å²) in [7, 11) is -3.70. The van der Waals surface area contributed by atoms with E-state index in [1.54, 1.807) is 72.8 Å². The van der Waals surface area contributed by atoms with Crippen LogP contribution in [0.25, 0.3) is 0 Å². The molecule has 7 heteroatoms. The fourth-order valence-electron chi connectivity index (χ4n) is 3.06. The van der Waals surface area contributed by atoms with Gasteiger partial charge in [-0.05, 0) is 79.7 Å². The fourth-order valence-corrected chi connectivity index (χ4v) is 4.11. The summed E-state index contributed by atoms with van der Waals surface area (Å²) in [5.41, 5.74) is 2.36. The van der Waals surface area contributed by atoms with Crippen molar-refractivity contribution < 1.29 is 17.9 Å². The maximum Gasteiger partial charge on any atom is 0.261 e. The minimum atomic E-state index is -3.70. The number of benzene rings is 4. The Labute approximate surface area is 192 Å². The molecule has 0 fully saturated rings. The molecule has 33 heavy (non-hydrogen) atoms. The van der Waals surface area contributed by atoms with Gasteiger partial charge in [0.25, 0.3) is 15.9 Å². The molecular weight excluding hydrogens is 436 g/mol. The van der Waals surface area contributed by atoms with Gasteiger partial charge in [-0.25, -0.2) is 8.42 Å². The van der Waals surface area contributed by atoms with E-state index >= 15 is 0 Å². The molecule has 0 aliphatic heterocycles. The molecule has 166 valence electrons. The number of para-hydroxylation sites is 1. The number of anilines is 2. The van der Waals surface area contributed by atoms with Crippen LogP contribution in [-0.4, -0.2) is 14.3 Å². The minimum absolute atomic E-state index is 0.176. The lowest BCUT2D eigenvalue weighted by molar-refractivity contribution is 0.102. The zero-order valence-electron chi connectivity index (χ0n) is 17.9. The Kier molecular flexibility index (Phi) is 6.42. The van der Waals surface area contributed by atoms with Gasteiger partial charge < -0.3 is 10.1 Å². The third kappa shape index (κ3) is 5.78. The second-order valence-electron chi connectivity index (χ2n) is 7.39. The molecule has 4 aromatic rings. The van der Waals surface area contributed by atoms with Gasteiger partial charge >= 0.3 is 0 Å². The maximum atomic E-state index is 12.6. The molecule has 0 bridgehead atoms. The molecule has 0 aliphatic rings. The van der Waals surface area contributed by atoms with E-state index in [1.807, 2.05) is 37.3 Å². The lowest BCUT2D eigenvalue weighted by atomic mass is 10.2. The summed E-state index contributed by atoms with van der Waals surface area (Å²) in [5.74, 6) is 1.08. The van der Waals surface area contributed by atoms with Gasteiger partial charge in [-0.3, -0.25) is 9.52 Å². The number of carbonyl (C=O) groups is 1. The van der Waals surface area contributed by atoms with E-state index in [-0.39, 0.29) is 10.8 Å². The standard InChI is InChI=1S/C26H22N2O4S/c1-19-7-17-25(18-8-19)33(30,31)28-22-11-9-20(10-12-22)26(29)27-21-13-15-24(16-14-21)32-23-5-3-2-4-6-23/h2-18,28H,1H3,(H,27,29). The average Bonchev–Trinajstić information content (AvgIpc) is 2.81. The predicted molar refractivity (Wildman–Crippen MR) is 129 cm³/mol. The van der Waals surface area contributed by atoms with Crippen LogP contribution in [0.2, 0.25) is 0 Å². The molecule has 4 aromatic carbocycles. The fraction of sp³-hybridized carbons (Fsp3) is 0.0385. The van der Waals surface area contributed by atoms with Gasteiger partial charge in [0, 0.05) is 16.9 Å². The second kappa shape index (κ2) is 9.58. The highest BCUT2D eigenvalue weighted by atomic mass is 32.2. The first-order chi connectivity index (χ1) is 15.9. The smallest absolute Gasteiger partial charge is 0.261 e. The Hall–Kier alpha value is -4.10. The monoisotopic (exact) mass is 458 g/mol. The van der Waals surface area contributed by atoms with Crippen LogP contribution in [-0.2, 0) is 10.0 Å². The Morgan fingerprint density at radius 1 is 0.697 bits per heavy atom. The van der Waals surface area contributed by atoms with Crippen LogP contribution in [0.1, 0.15) is 15.9 Å². The highest BCUT2D eigenvalue weighted by Gasteiger charge is 2.14. The molecule has 6 nitrogen and oxygen atoms in total. The lowest BCUT2D eigenvalue weighted by Gasteiger charge is -2.10. The van der Waals surface area contributed by atoms with Crippen molar-refractivity contribution >= 4 is 27.3 Å². The normalized spacial score (nSPS) is 10.9. The SMILES string of the molecule is Cc1ccc(S(=O)(=O)Nc2ccc(C(=O)Nc3ccc(Oc4ccccc4)cc3)cc2)cc1. The van der Waals surface area contributed by atoms with E-state index < -0.39 is 10.0 Å². The molecule has 0 unspecified atom stereocenters. The number of hydrogen-bond acceptors (Lipinski definition) is 4. The number of ether oxygens (including phenoxy) is 1. The number of nitrogens with one attached hydrogen (secondary N) is 2. The topological polar surface area (TPSA) is 84.5 Å². The van der Waals surface area contributed by atoms with Crippen LogP contribution < -0.4 is 14.8 Å². The van der Waals surface area contributed by atoms with E-state index in [9.17, 15) is 13.2 Å². The molecule has 1 amide bonds. The molecule has 4 rings (SSSR count). The largest absolute Gasteiger partial charge is 0.457 e. The third-order valence-electron chi connectivity index (χ3n) is 4.82. The Morgan fingerprint density at radius 3 is 1.91 bits per heavy atom. The summed E-state index contributed by atoms with van der Waals surface area (Å²) in [6.07, 6.45) is 0. The Balaban J connectivity index is 1.37. The molecular formula is C26H22N2O4S. The molecule has 0 saturated heterocycles. The van der Waals surface area contributed by atoms with Crippen LogP contribution >= 0.6 is 0 Å². The quantitative estimate of drug-likeness (QED) is 0.364. The summed E-state index contributed by atoms with van der Waals surface area (Å²) in [6.45, 7) is 1.89. The Morgan fingerprint density at radius 2 is 1.27 bits per heavy atom. The molecule has 0 atom stereocenters. The van der Waals surface area contributed by atoms with Crippen molar-refractivity contribution in [2.24, 2.45) is 0 Å². The third-order valence-corrected chi connectivity index (χ3v) is 6.22. The van der Waals surface area contributed by atoms with E-state index in [1.165, 1.54) is 0 Å². The number of amides is 1. The number of carbonyl (C=O) groups excluding carboxylic acids is 1. The summed E-state index contributed by atoms with van der Waals surface area (Å²) < 4.78 is 33.3. The predicted octanol–water partition coefficient (Wildman–Crippen LogP) is 5.84. The van der Waals surface area contributed by atoms with E-state index in [0.29, 0.717) is 22.7 Å². The maximum absolute atomic E-state index is 12.6. The first kappa shape index (κ1) is 22.1. The van der Waals surface area contributed by atoms with Crippen LogP contribution in [0.15, 0.2) is 108 Å². The zero-order chi connectivity index (χ0) is 23.3. The Bertz CT molecular complexity index is 1330. The van der Waals surface area contributed by atoms with Gasteiger partial charge in [0.1, 0.15) is 11.5 Å². The molecule has 0 radical (unpaired) electrons. The molecule has 2 N–H and O–H groups in total. The van der Waals surface area contributed by atoms with Gasteiger partial charge in [0.15, 0.2) is 0 Å². The van der Waals surface area contributed by atoms with Gasteiger partial charge in [-0.1, -0.05) is 35.9 Å². The van der Waals surface area contributed by atoms with E-state index in [4.69, 9.17) is 4.74 Å². The zero-order valence-corrected chi connectivity index (χ0v) is 18.7. The number of hydrogen-bond donors (Lipinski definition) is 2. The van der Waals surface area contributed by atoms with Crippen LogP contribution in [0.5, 0.6) is 11.5 Å². The van der Waals surface area contributed by atoms with Crippen molar-refractivity contribution in [1.29, 1.82) is 0 Å². The van der Waals surface area contributed by atoms with Crippen molar-refractivity contribution in [2.75, 3.05) is 10.0 Å². The van der Waals surface area contributed by atoms with Crippen LogP contribution in [0.4, 0.5) is 11.4 Å². The summed E-state index contributed by atoms with van der Waals surface area (Å²) >= 11 is 0. The number of sulfonamides is 1. The lowest BCUT2D eigenvalue weighted by Crippen LogP contribution is -2.14. The molecule has 0 heterocycles. The van der Waals surface area contributed by atoms with Gasteiger partial charge in [0.2, 0.25) is 0 Å². The number of rotatable bonds is 7.